The van der Waals surface area contributed by atoms with Crippen molar-refractivity contribution in [2.75, 3.05) is 13.1 Å². The molecule has 32 heavy (non-hydrogen) atoms. The monoisotopic (exact) mass is 467 g/mol. The van der Waals surface area contributed by atoms with Crippen molar-refractivity contribution in [2.24, 2.45) is 0 Å². The number of carbonyl (C=O) groups is 2. The summed E-state index contributed by atoms with van der Waals surface area (Å²) in [5, 5.41) is 6.39. The Balaban J connectivity index is 1.28. The molecule has 1 aliphatic rings. The maximum atomic E-state index is 12.7. The Kier molecular flexibility index (Phi) is 7.22. The fourth-order valence-electron chi connectivity index (χ4n) is 3.97. The number of amides is 2. The Morgan fingerprint density at radius 1 is 1.16 bits per heavy atom. The smallest absolute Gasteiger partial charge is 0.271 e. The molecule has 0 spiro atoms. The molecule has 0 atom stereocenters. The van der Waals surface area contributed by atoms with Crippen molar-refractivity contribution >= 4 is 34.8 Å². The molecule has 1 fully saturated rings. The van der Waals surface area contributed by atoms with E-state index in [1.165, 1.54) is 16.9 Å². The third-order valence-electron chi connectivity index (χ3n) is 5.79. The highest BCUT2D eigenvalue weighted by molar-refractivity contribution is 7.09. The van der Waals surface area contributed by atoms with Crippen molar-refractivity contribution in [2.45, 2.75) is 38.6 Å². The molecule has 0 unspecified atom stereocenters. The average molecular weight is 468 g/mol. The average Bonchev–Trinajstić information content (AvgIpc) is 3.30. The number of aryl methyl sites for hydroxylation is 1. The van der Waals surface area contributed by atoms with Crippen LogP contribution in [0.2, 0.25) is 5.02 Å². The first-order chi connectivity index (χ1) is 15.5. The number of halogens is 1. The molecule has 1 saturated heterocycles. The molecule has 1 N–H and O–H groups in total. The van der Waals surface area contributed by atoms with Crippen LogP contribution in [0.1, 0.15) is 50.9 Å². The molecule has 0 bridgehead atoms. The summed E-state index contributed by atoms with van der Waals surface area (Å²) in [7, 11) is 0. The van der Waals surface area contributed by atoms with Gasteiger partial charge in [-0.15, -0.1) is 11.3 Å². The van der Waals surface area contributed by atoms with E-state index in [9.17, 15) is 9.59 Å². The van der Waals surface area contributed by atoms with E-state index in [2.05, 4.69) is 16.4 Å². The number of aromatic nitrogens is 1. The number of nitrogens with one attached hydrogen (secondary N) is 1. The van der Waals surface area contributed by atoms with Crippen LogP contribution in [-0.2, 0) is 17.8 Å². The van der Waals surface area contributed by atoms with Gasteiger partial charge in [0.05, 0.1) is 11.4 Å². The summed E-state index contributed by atoms with van der Waals surface area (Å²) in [5.41, 5.74) is 3.57. The number of benzene rings is 2. The second-order valence-corrected chi connectivity index (χ2v) is 9.46. The second-order valence-electron chi connectivity index (χ2n) is 8.17. The predicted molar refractivity (Wildman–Crippen MR) is 128 cm³/mol. The third kappa shape index (κ3) is 5.56. The highest BCUT2D eigenvalue weighted by Crippen LogP contribution is 2.31. The number of rotatable bonds is 6. The molecule has 2 aromatic carbocycles. The van der Waals surface area contributed by atoms with E-state index in [-0.39, 0.29) is 17.7 Å². The fraction of sp³-hybridized carbons (Fsp3) is 0.320. The molecular formula is C25H26ClN3O2S. The van der Waals surface area contributed by atoms with E-state index in [4.69, 9.17) is 11.6 Å². The van der Waals surface area contributed by atoms with Crippen LogP contribution < -0.4 is 5.32 Å². The second kappa shape index (κ2) is 10.3. The van der Waals surface area contributed by atoms with Crippen LogP contribution >= 0.6 is 22.9 Å². The van der Waals surface area contributed by atoms with Gasteiger partial charge in [0.1, 0.15) is 5.69 Å². The summed E-state index contributed by atoms with van der Waals surface area (Å²) in [4.78, 5) is 31.7. The molecule has 0 radical (unpaired) electrons. The Hall–Kier alpha value is -2.70. The third-order valence-corrected chi connectivity index (χ3v) is 7.16. The SMILES string of the molecule is Cc1cccc(CNC(=O)c2csc(C3CCN(C(=O)Cc4ccccc4Cl)CC3)n2)c1. The molecule has 3 aromatic rings. The highest BCUT2D eigenvalue weighted by Gasteiger charge is 2.26. The molecule has 1 aromatic heterocycles. The number of carbonyl (C=O) groups excluding carboxylic acids is 2. The van der Waals surface area contributed by atoms with E-state index >= 15 is 0 Å². The van der Waals surface area contributed by atoms with Gasteiger partial charge in [0.15, 0.2) is 0 Å². The lowest BCUT2D eigenvalue weighted by molar-refractivity contribution is -0.131. The molecular weight excluding hydrogens is 442 g/mol. The van der Waals surface area contributed by atoms with Gasteiger partial charge in [-0.2, -0.15) is 0 Å². The highest BCUT2D eigenvalue weighted by atomic mass is 35.5. The van der Waals surface area contributed by atoms with Gasteiger partial charge in [0.2, 0.25) is 5.91 Å². The largest absolute Gasteiger partial charge is 0.347 e. The number of hydrogen-bond acceptors (Lipinski definition) is 4. The van der Waals surface area contributed by atoms with Gasteiger partial charge < -0.3 is 10.2 Å². The number of hydrogen-bond donors (Lipinski definition) is 1. The molecule has 0 saturated carbocycles. The van der Waals surface area contributed by atoms with Crippen LogP contribution in [-0.4, -0.2) is 34.8 Å². The molecule has 2 amide bonds. The number of thiazole rings is 1. The molecule has 166 valence electrons. The Morgan fingerprint density at radius 2 is 1.94 bits per heavy atom. The van der Waals surface area contributed by atoms with Gasteiger partial charge in [0.25, 0.3) is 5.91 Å². The van der Waals surface area contributed by atoms with Crippen molar-refractivity contribution in [3.63, 3.8) is 0 Å². The van der Waals surface area contributed by atoms with Gasteiger partial charge in [0, 0.05) is 36.0 Å². The van der Waals surface area contributed by atoms with Crippen LogP contribution in [0.25, 0.3) is 0 Å². The topological polar surface area (TPSA) is 62.3 Å². The van der Waals surface area contributed by atoms with Crippen molar-refractivity contribution in [1.29, 1.82) is 0 Å². The zero-order valence-corrected chi connectivity index (χ0v) is 19.6. The lowest BCUT2D eigenvalue weighted by atomic mass is 9.97. The quantitative estimate of drug-likeness (QED) is 0.555. The lowest BCUT2D eigenvalue weighted by Gasteiger charge is -2.31. The standard InChI is InChI=1S/C25H26ClN3O2S/c1-17-5-4-6-18(13-17)15-27-24(31)22-16-32-25(28-22)19-9-11-29(12-10-19)23(30)14-20-7-2-3-8-21(20)26/h2-8,13,16,19H,9-12,14-15H2,1H3,(H,27,31). The van der Waals surface area contributed by atoms with Crippen LogP contribution in [0, 0.1) is 6.92 Å². The molecule has 5 nitrogen and oxygen atoms in total. The molecule has 7 heteroatoms. The van der Waals surface area contributed by atoms with Crippen LogP contribution in [0.15, 0.2) is 53.9 Å². The Labute approximate surface area is 197 Å². The van der Waals surface area contributed by atoms with Gasteiger partial charge in [-0.25, -0.2) is 4.98 Å². The molecule has 4 rings (SSSR count). The first kappa shape index (κ1) is 22.5. The van der Waals surface area contributed by atoms with Crippen molar-refractivity contribution in [1.82, 2.24) is 15.2 Å². The first-order valence-corrected chi connectivity index (χ1v) is 12.1. The van der Waals surface area contributed by atoms with Crippen LogP contribution in [0.5, 0.6) is 0 Å². The summed E-state index contributed by atoms with van der Waals surface area (Å²) in [6, 6.07) is 15.6. The van der Waals surface area contributed by atoms with Crippen LogP contribution in [0.3, 0.4) is 0 Å². The van der Waals surface area contributed by atoms with Crippen LogP contribution in [0.4, 0.5) is 0 Å². The molecule has 1 aliphatic heterocycles. The summed E-state index contributed by atoms with van der Waals surface area (Å²) < 4.78 is 0. The summed E-state index contributed by atoms with van der Waals surface area (Å²) in [6.45, 7) is 3.91. The zero-order valence-electron chi connectivity index (χ0n) is 18.0. The minimum absolute atomic E-state index is 0.104. The Bertz CT molecular complexity index is 1110. The van der Waals surface area contributed by atoms with E-state index < -0.39 is 0 Å². The lowest BCUT2D eigenvalue weighted by Crippen LogP contribution is -2.38. The summed E-state index contributed by atoms with van der Waals surface area (Å²) in [5.74, 6) is 0.232. The van der Waals surface area contributed by atoms with Gasteiger partial charge in [-0.1, -0.05) is 59.6 Å². The minimum Gasteiger partial charge on any atom is -0.347 e. The van der Waals surface area contributed by atoms with Gasteiger partial charge in [-0.05, 0) is 37.0 Å². The van der Waals surface area contributed by atoms with Gasteiger partial charge in [-0.3, -0.25) is 9.59 Å². The number of likely N-dealkylation sites (tertiary alicyclic amines) is 1. The Morgan fingerprint density at radius 3 is 2.69 bits per heavy atom. The first-order valence-electron chi connectivity index (χ1n) is 10.8. The van der Waals surface area contributed by atoms with Crippen molar-refractivity contribution in [3.05, 3.63) is 86.3 Å². The maximum Gasteiger partial charge on any atom is 0.271 e. The van der Waals surface area contributed by atoms with Crippen molar-refractivity contribution in [3.8, 4) is 0 Å². The number of piperidine rings is 1. The fourth-order valence-corrected chi connectivity index (χ4v) is 5.14. The predicted octanol–water partition coefficient (Wildman–Crippen LogP) is 4.98. The molecule has 0 aliphatic carbocycles. The zero-order chi connectivity index (χ0) is 22.5. The minimum atomic E-state index is -0.152. The molecule has 2 heterocycles. The summed E-state index contributed by atoms with van der Waals surface area (Å²) >= 11 is 7.72. The summed E-state index contributed by atoms with van der Waals surface area (Å²) in [6.07, 6.45) is 2.03. The number of nitrogens with zero attached hydrogens (tertiary/aromatic N) is 2. The maximum absolute atomic E-state index is 12.7. The van der Waals surface area contributed by atoms with E-state index in [1.807, 2.05) is 59.7 Å². The normalized spacial score (nSPS) is 14.4. The van der Waals surface area contributed by atoms with Crippen molar-refractivity contribution < 1.29 is 9.59 Å². The van der Waals surface area contributed by atoms with Gasteiger partial charge >= 0.3 is 0 Å². The van der Waals surface area contributed by atoms with E-state index in [0.717, 1.165) is 29.0 Å². The van der Waals surface area contributed by atoms with E-state index in [1.54, 1.807) is 0 Å². The van der Waals surface area contributed by atoms with E-state index in [0.29, 0.717) is 36.8 Å².